The van der Waals surface area contributed by atoms with Crippen LogP contribution in [0.2, 0.25) is 0 Å². The number of nitrogen functional groups attached to an aromatic ring is 1. The number of ketones is 1. The lowest BCUT2D eigenvalue weighted by molar-refractivity contribution is -0.384. The Morgan fingerprint density at radius 2 is 1.56 bits per heavy atom. The van der Waals surface area contributed by atoms with E-state index >= 15 is 0 Å². The van der Waals surface area contributed by atoms with Gasteiger partial charge >= 0.3 is 0 Å². The zero-order valence-electron chi connectivity index (χ0n) is 13.4. The Bertz CT molecular complexity index is 827. The molecule has 8 nitrogen and oxygen atoms in total. The lowest BCUT2D eigenvalue weighted by Crippen LogP contribution is -2.36. The van der Waals surface area contributed by atoms with Gasteiger partial charge in [0, 0.05) is 35.0 Å². The first-order valence-electron chi connectivity index (χ1n) is 7.26. The fourth-order valence-electron chi connectivity index (χ4n) is 1.99. The van der Waals surface area contributed by atoms with Gasteiger partial charge in [0.1, 0.15) is 0 Å². The van der Waals surface area contributed by atoms with E-state index in [1.54, 1.807) is 24.3 Å². The van der Waals surface area contributed by atoms with Crippen molar-refractivity contribution >= 4 is 28.8 Å². The van der Waals surface area contributed by atoms with E-state index in [0.717, 1.165) is 0 Å². The maximum Gasteiger partial charge on any atom is 0.269 e. The minimum Gasteiger partial charge on any atom is -0.399 e. The first kappa shape index (κ1) is 17.7. The molecular formula is C17H16N4O4. The third-order valence-electron chi connectivity index (χ3n) is 3.22. The normalized spacial score (nSPS) is 10.8. The summed E-state index contributed by atoms with van der Waals surface area (Å²) in [6, 6.07) is 11.9. The average Bonchev–Trinajstić information content (AvgIpc) is 2.58. The van der Waals surface area contributed by atoms with Gasteiger partial charge in [-0.15, -0.1) is 0 Å². The van der Waals surface area contributed by atoms with Gasteiger partial charge in [0.05, 0.1) is 10.6 Å². The first-order valence-corrected chi connectivity index (χ1v) is 7.26. The van der Waals surface area contributed by atoms with Crippen LogP contribution in [0.15, 0.2) is 54.6 Å². The molecule has 8 heteroatoms. The molecule has 0 unspecified atom stereocenters. The highest BCUT2D eigenvalue weighted by atomic mass is 16.6. The Morgan fingerprint density at radius 3 is 2.08 bits per heavy atom. The highest BCUT2D eigenvalue weighted by Gasteiger charge is 2.10. The van der Waals surface area contributed by atoms with E-state index in [1.807, 2.05) is 0 Å². The molecule has 128 valence electrons. The van der Waals surface area contributed by atoms with Crippen molar-refractivity contribution < 1.29 is 14.5 Å². The number of benzene rings is 2. The van der Waals surface area contributed by atoms with Gasteiger partial charge in [-0.05, 0) is 43.3 Å². The van der Waals surface area contributed by atoms with Gasteiger partial charge in [-0.25, -0.2) is 0 Å². The molecule has 2 aromatic carbocycles. The summed E-state index contributed by atoms with van der Waals surface area (Å²) in [6.45, 7) is 1.36. The van der Waals surface area contributed by atoms with Crippen LogP contribution in [-0.4, -0.2) is 16.6 Å². The summed E-state index contributed by atoms with van der Waals surface area (Å²) >= 11 is 0. The van der Waals surface area contributed by atoms with E-state index in [2.05, 4.69) is 10.9 Å². The Morgan fingerprint density at radius 1 is 1.00 bits per heavy atom. The number of amides is 1. The first-order chi connectivity index (χ1) is 11.9. The summed E-state index contributed by atoms with van der Waals surface area (Å²) in [5.74, 6) is -0.668. The minimum atomic E-state index is -0.519. The fourth-order valence-corrected chi connectivity index (χ4v) is 1.99. The minimum absolute atomic E-state index is 0.0724. The molecule has 0 saturated heterocycles. The number of carbonyl (C=O) groups excluding carboxylic acids is 2. The van der Waals surface area contributed by atoms with Crippen molar-refractivity contribution in [3.8, 4) is 0 Å². The molecule has 25 heavy (non-hydrogen) atoms. The van der Waals surface area contributed by atoms with Crippen LogP contribution in [0.25, 0.3) is 5.70 Å². The Hall–Kier alpha value is -3.68. The standard InChI is InChI=1S/C17H16N4O4/c1-11(22)10-16(12-4-8-15(9-5-12)21(24)25)19-20-17(23)13-2-6-14(18)7-3-13/h2-10,19H,18H2,1H3,(H,20,23)/b16-10+. The van der Waals surface area contributed by atoms with Crippen LogP contribution in [-0.2, 0) is 4.79 Å². The number of carbonyl (C=O) groups is 2. The average molecular weight is 340 g/mol. The van der Waals surface area contributed by atoms with E-state index in [4.69, 9.17) is 5.73 Å². The van der Waals surface area contributed by atoms with Crippen LogP contribution in [0, 0.1) is 10.1 Å². The predicted octanol–water partition coefficient (Wildman–Crippen LogP) is 2.04. The summed E-state index contributed by atoms with van der Waals surface area (Å²) in [6.07, 6.45) is 1.28. The molecule has 2 rings (SSSR count). The van der Waals surface area contributed by atoms with Crippen molar-refractivity contribution in [2.24, 2.45) is 0 Å². The number of non-ortho nitro benzene ring substituents is 1. The number of nitro benzene ring substituents is 1. The molecule has 0 atom stereocenters. The van der Waals surface area contributed by atoms with E-state index in [-0.39, 0.29) is 11.5 Å². The van der Waals surface area contributed by atoms with Crippen molar-refractivity contribution in [2.75, 3.05) is 5.73 Å². The molecule has 0 aromatic heterocycles. The molecule has 0 aliphatic heterocycles. The second kappa shape index (κ2) is 7.73. The summed E-state index contributed by atoms with van der Waals surface area (Å²) in [5.41, 5.74) is 12.4. The van der Waals surface area contributed by atoms with Gasteiger partial charge in [-0.3, -0.25) is 30.6 Å². The highest BCUT2D eigenvalue weighted by Crippen LogP contribution is 2.17. The zero-order chi connectivity index (χ0) is 18.4. The Balaban J connectivity index is 2.15. The largest absolute Gasteiger partial charge is 0.399 e. The molecule has 0 saturated carbocycles. The quantitative estimate of drug-likeness (QED) is 0.319. The Kier molecular flexibility index (Phi) is 5.47. The van der Waals surface area contributed by atoms with Gasteiger partial charge in [0.25, 0.3) is 11.6 Å². The third kappa shape index (κ3) is 4.90. The van der Waals surface area contributed by atoms with Crippen molar-refractivity contribution in [1.82, 2.24) is 10.9 Å². The van der Waals surface area contributed by atoms with E-state index < -0.39 is 10.8 Å². The van der Waals surface area contributed by atoms with Gasteiger partial charge in [0.15, 0.2) is 5.78 Å². The number of nitro groups is 1. The monoisotopic (exact) mass is 340 g/mol. The number of nitrogens with one attached hydrogen (secondary N) is 2. The number of anilines is 1. The number of nitrogens with zero attached hydrogens (tertiary/aromatic N) is 1. The number of hydrogen-bond donors (Lipinski definition) is 3. The fraction of sp³-hybridized carbons (Fsp3) is 0.0588. The SMILES string of the molecule is CC(=O)/C=C(/NNC(=O)c1ccc(N)cc1)c1ccc([N+](=O)[O-])cc1. The molecule has 0 radical (unpaired) electrons. The second-order valence-electron chi connectivity index (χ2n) is 5.17. The van der Waals surface area contributed by atoms with Gasteiger partial charge in [0.2, 0.25) is 0 Å². The number of hydrogen-bond acceptors (Lipinski definition) is 6. The molecule has 0 aliphatic rings. The van der Waals surface area contributed by atoms with Crippen LogP contribution < -0.4 is 16.6 Å². The van der Waals surface area contributed by atoms with E-state index in [0.29, 0.717) is 22.5 Å². The smallest absolute Gasteiger partial charge is 0.269 e. The molecule has 4 N–H and O–H groups in total. The van der Waals surface area contributed by atoms with E-state index in [1.165, 1.54) is 37.3 Å². The maximum absolute atomic E-state index is 12.1. The van der Waals surface area contributed by atoms with Crippen LogP contribution in [0.3, 0.4) is 0 Å². The Labute approximate surface area is 143 Å². The van der Waals surface area contributed by atoms with Crippen LogP contribution in [0.4, 0.5) is 11.4 Å². The zero-order valence-corrected chi connectivity index (χ0v) is 13.4. The predicted molar refractivity (Wildman–Crippen MR) is 93.2 cm³/mol. The molecule has 0 heterocycles. The molecular weight excluding hydrogens is 324 g/mol. The maximum atomic E-state index is 12.1. The van der Waals surface area contributed by atoms with Gasteiger partial charge in [-0.1, -0.05) is 0 Å². The van der Waals surface area contributed by atoms with Crippen molar-refractivity contribution in [2.45, 2.75) is 6.92 Å². The molecule has 1 amide bonds. The van der Waals surface area contributed by atoms with Crippen molar-refractivity contribution in [3.63, 3.8) is 0 Å². The highest BCUT2D eigenvalue weighted by molar-refractivity contribution is 5.97. The lowest BCUT2D eigenvalue weighted by atomic mass is 10.1. The lowest BCUT2D eigenvalue weighted by Gasteiger charge is -2.12. The molecule has 2 aromatic rings. The van der Waals surface area contributed by atoms with Crippen LogP contribution in [0.1, 0.15) is 22.8 Å². The van der Waals surface area contributed by atoms with Crippen LogP contribution in [0.5, 0.6) is 0 Å². The molecule has 0 aliphatic carbocycles. The number of nitrogens with two attached hydrogens (primary N) is 1. The van der Waals surface area contributed by atoms with Gasteiger partial charge in [-0.2, -0.15) is 0 Å². The number of hydrazine groups is 1. The summed E-state index contributed by atoms with van der Waals surface area (Å²) in [4.78, 5) is 33.7. The topological polar surface area (TPSA) is 127 Å². The number of allylic oxidation sites excluding steroid dienone is 1. The van der Waals surface area contributed by atoms with E-state index in [9.17, 15) is 19.7 Å². The second-order valence-corrected chi connectivity index (χ2v) is 5.17. The summed E-state index contributed by atoms with van der Waals surface area (Å²) < 4.78 is 0. The van der Waals surface area contributed by atoms with Crippen molar-refractivity contribution in [3.05, 3.63) is 75.8 Å². The van der Waals surface area contributed by atoms with Crippen LogP contribution >= 0.6 is 0 Å². The molecule has 0 fully saturated rings. The van der Waals surface area contributed by atoms with Gasteiger partial charge < -0.3 is 5.73 Å². The summed E-state index contributed by atoms with van der Waals surface area (Å²) in [5, 5.41) is 10.7. The number of rotatable bonds is 6. The van der Waals surface area contributed by atoms with Crippen molar-refractivity contribution in [1.29, 1.82) is 0 Å². The molecule has 0 bridgehead atoms. The molecule has 0 spiro atoms. The third-order valence-corrected chi connectivity index (χ3v) is 3.22. The summed E-state index contributed by atoms with van der Waals surface area (Å²) in [7, 11) is 0.